The number of halogens is 2. The molecule has 0 saturated heterocycles. The molecule has 1 N–H and O–H groups in total. The van der Waals surface area contributed by atoms with Gasteiger partial charge in [-0.3, -0.25) is 0 Å². The van der Waals surface area contributed by atoms with Crippen LogP contribution in [0.3, 0.4) is 0 Å². The second-order valence-electron chi connectivity index (χ2n) is 1.73. The van der Waals surface area contributed by atoms with E-state index >= 15 is 0 Å². The van der Waals surface area contributed by atoms with Gasteiger partial charge < -0.3 is 14.6 Å². The highest BCUT2D eigenvalue weighted by Gasteiger charge is 2.28. The van der Waals surface area contributed by atoms with Crippen molar-refractivity contribution in [3.05, 3.63) is 0 Å². The number of carbonyl (C=O) groups is 1. The van der Waals surface area contributed by atoms with E-state index in [-0.39, 0.29) is 0 Å². The van der Waals surface area contributed by atoms with Crippen molar-refractivity contribution in [2.24, 2.45) is 0 Å². The first-order chi connectivity index (χ1) is 4.98. The molecule has 66 valence electrons. The number of carboxylic acid groups (broad SMARTS) is 1. The minimum absolute atomic E-state index is 0.751. The SMILES string of the molecule is COC(F)(F)COCC(=O)O. The lowest BCUT2D eigenvalue weighted by Gasteiger charge is -2.12. The summed E-state index contributed by atoms with van der Waals surface area (Å²) in [5.74, 6) is -1.29. The number of hydrogen-bond acceptors (Lipinski definition) is 3. The molecule has 0 aromatic heterocycles. The Balaban J connectivity index is 3.45. The first-order valence-electron chi connectivity index (χ1n) is 2.70. The number of aliphatic carboxylic acids is 1. The Morgan fingerprint density at radius 1 is 1.64 bits per heavy atom. The third kappa shape index (κ3) is 5.68. The second kappa shape index (κ2) is 4.20. The summed E-state index contributed by atoms with van der Waals surface area (Å²) in [6, 6.07) is 0. The molecule has 0 unspecified atom stereocenters. The minimum atomic E-state index is -3.41. The van der Waals surface area contributed by atoms with Crippen molar-refractivity contribution in [3.8, 4) is 0 Å². The number of rotatable bonds is 5. The predicted molar refractivity (Wildman–Crippen MR) is 30.4 cm³/mol. The molecular formula is C5H8F2O4. The Morgan fingerprint density at radius 2 is 2.18 bits per heavy atom. The van der Waals surface area contributed by atoms with Gasteiger partial charge >= 0.3 is 12.1 Å². The van der Waals surface area contributed by atoms with Crippen LogP contribution in [0.15, 0.2) is 0 Å². The van der Waals surface area contributed by atoms with Crippen LogP contribution in [0.2, 0.25) is 0 Å². The van der Waals surface area contributed by atoms with Gasteiger partial charge in [-0.05, 0) is 0 Å². The average Bonchev–Trinajstić information content (AvgIpc) is 1.87. The molecule has 0 aromatic carbocycles. The molecule has 4 nitrogen and oxygen atoms in total. The van der Waals surface area contributed by atoms with Crippen LogP contribution in [0.25, 0.3) is 0 Å². The average molecular weight is 170 g/mol. The first-order valence-corrected chi connectivity index (χ1v) is 2.70. The predicted octanol–water partition coefficient (Wildman–Crippen LogP) is 0.327. The van der Waals surface area contributed by atoms with Gasteiger partial charge in [0.05, 0.1) is 0 Å². The quantitative estimate of drug-likeness (QED) is 0.645. The molecule has 0 spiro atoms. The molecule has 0 atom stereocenters. The maximum Gasteiger partial charge on any atom is 0.378 e. The van der Waals surface area contributed by atoms with Gasteiger partial charge in [0, 0.05) is 7.11 Å². The molecular weight excluding hydrogens is 162 g/mol. The van der Waals surface area contributed by atoms with Gasteiger partial charge in [-0.2, -0.15) is 8.78 Å². The van der Waals surface area contributed by atoms with Crippen molar-refractivity contribution in [3.63, 3.8) is 0 Å². The third-order valence-electron chi connectivity index (χ3n) is 0.794. The molecule has 0 bridgehead atoms. The van der Waals surface area contributed by atoms with Crippen LogP contribution in [0, 0.1) is 0 Å². The van der Waals surface area contributed by atoms with Crippen LogP contribution < -0.4 is 0 Å². The Bertz CT molecular complexity index is 136. The summed E-state index contributed by atoms with van der Waals surface area (Å²) in [6.45, 7) is -1.80. The van der Waals surface area contributed by atoms with Crippen molar-refractivity contribution in [1.29, 1.82) is 0 Å². The maximum atomic E-state index is 12.1. The molecule has 0 aliphatic carbocycles. The largest absolute Gasteiger partial charge is 0.480 e. The number of carboxylic acids is 1. The molecule has 0 fully saturated rings. The van der Waals surface area contributed by atoms with Crippen LogP contribution in [0.1, 0.15) is 0 Å². The summed E-state index contributed by atoms with van der Waals surface area (Å²) in [5.41, 5.74) is 0. The zero-order valence-corrected chi connectivity index (χ0v) is 5.84. The zero-order chi connectivity index (χ0) is 8.91. The van der Waals surface area contributed by atoms with Gasteiger partial charge in [0.15, 0.2) is 0 Å². The summed E-state index contributed by atoms with van der Waals surface area (Å²) >= 11 is 0. The fraction of sp³-hybridized carbons (Fsp3) is 0.800. The number of hydrogen-bond donors (Lipinski definition) is 1. The van der Waals surface area contributed by atoms with Crippen LogP contribution in [-0.2, 0) is 14.3 Å². The molecule has 6 heteroatoms. The van der Waals surface area contributed by atoms with Crippen molar-refractivity contribution < 1.29 is 28.2 Å². The molecule has 0 radical (unpaired) electrons. The van der Waals surface area contributed by atoms with Crippen LogP contribution >= 0.6 is 0 Å². The molecule has 0 saturated carbocycles. The Morgan fingerprint density at radius 3 is 2.55 bits per heavy atom. The number of ether oxygens (including phenoxy) is 2. The van der Waals surface area contributed by atoms with Crippen LogP contribution in [-0.4, -0.2) is 37.5 Å². The van der Waals surface area contributed by atoms with E-state index in [1.54, 1.807) is 0 Å². The molecule has 0 amide bonds. The summed E-state index contributed by atoms with van der Waals surface area (Å²) in [7, 11) is 0.810. The van der Waals surface area contributed by atoms with Crippen LogP contribution in [0.5, 0.6) is 0 Å². The van der Waals surface area contributed by atoms with Gasteiger partial charge in [-0.15, -0.1) is 0 Å². The van der Waals surface area contributed by atoms with Gasteiger partial charge in [0.25, 0.3) is 0 Å². The fourth-order valence-corrected chi connectivity index (χ4v) is 0.316. The molecule has 0 aliphatic rings. The van der Waals surface area contributed by atoms with E-state index in [1.165, 1.54) is 0 Å². The monoisotopic (exact) mass is 170 g/mol. The van der Waals surface area contributed by atoms with E-state index in [2.05, 4.69) is 9.47 Å². The molecule has 0 rings (SSSR count). The maximum absolute atomic E-state index is 12.1. The minimum Gasteiger partial charge on any atom is -0.480 e. The lowest BCUT2D eigenvalue weighted by Crippen LogP contribution is -2.27. The highest BCUT2D eigenvalue weighted by Crippen LogP contribution is 2.13. The van der Waals surface area contributed by atoms with E-state index in [0.29, 0.717) is 0 Å². The lowest BCUT2D eigenvalue weighted by atomic mass is 10.6. The van der Waals surface area contributed by atoms with Crippen molar-refractivity contribution in [2.75, 3.05) is 20.3 Å². The molecule has 0 aliphatic heterocycles. The van der Waals surface area contributed by atoms with Crippen molar-refractivity contribution in [1.82, 2.24) is 0 Å². The third-order valence-corrected chi connectivity index (χ3v) is 0.794. The number of alkyl halides is 2. The van der Waals surface area contributed by atoms with Gasteiger partial charge in [0.1, 0.15) is 13.2 Å². The van der Waals surface area contributed by atoms with E-state index in [0.717, 1.165) is 7.11 Å². The van der Waals surface area contributed by atoms with Gasteiger partial charge in [-0.25, -0.2) is 4.79 Å². The standard InChI is InChI=1S/C5H8F2O4/c1-10-5(6,7)3-11-2-4(8)9/h2-3H2,1H3,(H,8,9). The van der Waals surface area contributed by atoms with E-state index < -0.39 is 25.3 Å². The summed E-state index contributed by atoms with van der Waals surface area (Å²) in [6.07, 6.45) is -3.41. The Hall–Kier alpha value is -0.750. The van der Waals surface area contributed by atoms with E-state index in [1.807, 2.05) is 0 Å². The van der Waals surface area contributed by atoms with E-state index in [4.69, 9.17) is 5.11 Å². The Kier molecular flexibility index (Phi) is 3.91. The molecule has 0 aromatic rings. The molecule has 0 heterocycles. The normalized spacial score (nSPS) is 11.5. The summed E-state index contributed by atoms with van der Waals surface area (Å²) < 4.78 is 31.9. The van der Waals surface area contributed by atoms with Crippen LogP contribution in [0.4, 0.5) is 8.78 Å². The van der Waals surface area contributed by atoms with E-state index in [9.17, 15) is 13.6 Å². The molecule has 11 heavy (non-hydrogen) atoms. The first kappa shape index (κ1) is 10.2. The highest BCUT2D eigenvalue weighted by molar-refractivity contribution is 5.67. The lowest BCUT2D eigenvalue weighted by molar-refractivity contribution is -0.249. The number of methoxy groups -OCH3 is 1. The highest BCUT2D eigenvalue weighted by atomic mass is 19.3. The van der Waals surface area contributed by atoms with Crippen molar-refractivity contribution >= 4 is 5.97 Å². The fourth-order valence-electron chi connectivity index (χ4n) is 0.316. The van der Waals surface area contributed by atoms with Gasteiger partial charge in [-0.1, -0.05) is 0 Å². The summed E-state index contributed by atoms with van der Waals surface area (Å²) in [5, 5.41) is 7.97. The second-order valence-corrected chi connectivity index (χ2v) is 1.73. The topological polar surface area (TPSA) is 55.8 Å². The summed E-state index contributed by atoms with van der Waals surface area (Å²) in [4.78, 5) is 9.76. The smallest absolute Gasteiger partial charge is 0.378 e. The Labute approximate surface area is 61.7 Å². The van der Waals surface area contributed by atoms with Gasteiger partial charge in [0.2, 0.25) is 0 Å². The zero-order valence-electron chi connectivity index (χ0n) is 5.84. The van der Waals surface area contributed by atoms with Crippen molar-refractivity contribution in [2.45, 2.75) is 6.11 Å².